The molecule has 6 heteroatoms. The van der Waals surface area contributed by atoms with E-state index in [1.807, 2.05) is 0 Å². The average Bonchev–Trinajstić information content (AvgIpc) is 2.49. The summed E-state index contributed by atoms with van der Waals surface area (Å²) >= 11 is 3.23. The van der Waals surface area contributed by atoms with Gasteiger partial charge in [0.25, 0.3) is 5.91 Å². The number of amides is 1. The fourth-order valence-electron chi connectivity index (χ4n) is 1.99. The molecule has 2 aromatic carbocycles. The Labute approximate surface area is 129 Å². The van der Waals surface area contributed by atoms with Crippen molar-refractivity contribution in [1.29, 1.82) is 0 Å². The first-order chi connectivity index (χ1) is 10.1. The van der Waals surface area contributed by atoms with E-state index < -0.39 is 11.7 Å². The van der Waals surface area contributed by atoms with Crippen molar-refractivity contribution in [2.24, 2.45) is 0 Å². The van der Waals surface area contributed by atoms with Gasteiger partial charge in [-0.25, -0.2) is 4.39 Å². The highest BCUT2D eigenvalue weighted by molar-refractivity contribution is 9.10. The number of carbonyl (C=O) groups is 1. The molecule has 2 aromatic rings. The number of hydrogen-bond donors (Lipinski definition) is 1. The summed E-state index contributed by atoms with van der Waals surface area (Å²) in [7, 11) is 0. The van der Waals surface area contributed by atoms with Crippen LogP contribution in [0.25, 0.3) is 0 Å². The molecular formula is C15H11BrFNO3. The van der Waals surface area contributed by atoms with E-state index >= 15 is 0 Å². The lowest BCUT2D eigenvalue weighted by atomic mass is 10.2. The fraction of sp³-hybridized carbons (Fsp3) is 0.133. The second kappa shape index (κ2) is 5.73. The Kier molecular flexibility index (Phi) is 3.79. The number of fused-ring (bicyclic) bond motifs is 1. The topological polar surface area (TPSA) is 47.6 Å². The van der Waals surface area contributed by atoms with Crippen molar-refractivity contribution in [2.45, 2.75) is 0 Å². The minimum Gasteiger partial charge on any atom is -0.486 e. The van der Waals surface area contributed by atoms with Crippen LogP contribution in [0.3, 0.4) is 0 Å². The van der Waals surface area contributed by atoms with Gasteiger partial charge in [0.05, 0.1) is 5.56 Å². The highest BCUT2D eigenvalue weighted by atomic mass is 79.9. The molecular weight excluding hydrogens is 341 g/mol. The minimum absolute atomic E-state index is 0.227. The molecule has 0 saturated carbocycles. The molecule has 1 amide bonds. The van der Waals surface area contributed by atoms with E-state index in [-0.39, 0.29) is 5.56 Å². The molecule has 0 atom stereocenters. The predicted octanol–water partition coefficient (Wildman–Crippen LogP) is 3.61. The molecule has 4 nitrogen and oxygen atoms in total. The van der Waals surface area contributed by atoms with Crippen LogP contribution in [0.15, 0.2) is 40.9 Å². The Morgan fingerprint density at radius 1 is 1.10 bits per heavy atom. The zero-order valence-electron chi connectivity index (χ0n) is 10.9. The van der Waals surface area contributed by atoms with E-state index in [0.717, 1.165) is 0 Å². The van der Waals surface area contributed by atoms with Gasteiger partial charge in [0, 0.05) is 16.2 Å². The largest absolute Gasteiger partial charge is 0.486 e. The number of ether oxygens (including phenoxy) is 2. The number of hydrogen-bond acceptors (Lipinski definition) is 3. The van der Waals surface area contributed by atoms with Crippen LogP contribution in [-0.4, -0.2) is 19.1 Å². The van der Waals surface area contributed by atoms with Gasteiger partial charge in [0.1, 0.15) is 19.0 Å². The quantitative estimate of drug-likeness (QED) is 0.898. The normalized spacial score (nSPS) is 12.9. The monoisotopic (exact) mass is 351 g/mol. The molecule has 0 spiro atoms. The van der Waals surface area contributed by atoms with Crippen LogP contribution >= 0.6 is 15.9 Å². The Morgan fingerprint density at radius 3 is 2.67 bits per heavy atom. The van der Waals surface area contributed by atoms with E-state index in [4.69, 9.17) is 9.47 Å². The molecule has 1 heterocycles. The van der Waals surface area contributed by atoms with Gasteiger partial charge in [-0.05, 0) is 46.3 Å². The fourth-order valence-corrected chi connectivity index (χ4v) is 2.42. The van der Waals surface area contributed by atoms with Crippen LogP contribution in [0.4, 0.5) is 10.1 Å². The summed E-state index contributed by atoms with van der Waals surface area (Å²) < 4.78 is 24.6. The average molecular weight is 352 g/mol. The Balaban J connectivity index is 1.83. The Hall–Kier alpha value is -2.08. The van der Waals surface area contributed by atoms with Crippen molar-refractivity contribution >= 4 is 27.5 Å². The van der Waals surface area contributed by atoms with Gasteiger partial charge in [-0.1, -0.05) is 0 Å². The summed E-state index contributed by atoms with van der Waals surface area (Å²) in [5, 5.41) is 2.71. The lowest BCUT2D eigenvalue weighted by Gasteiger charge is -2.19. The summed E-state index contributed by atoms with van der Waals surface area (Å²) in [6.07, 6.45) is 0. The highest BCUT2D eigenvalue weighted by Gasteiger charge is 2.15. The molecule has 0 bridgehead atoms. The third kappa shape index (κ3) is 3.00. The third-order valence-electron chi connectivity index (χ3n) is 2.97. The van der Waals surface area contributed by atoms with Crippen LogP contribution in [0, 0.1) is 5.82 Å². The lowest BCUT2D eigenvalue weighted by Crippen LogP contribution is -2.16. The molecule has 1 aliphatic heterocycles. The first kappa shape index (κ1) is 13.9. The first-order valence-corrected chi connectivity index (χ1v) is 7.09. The second-order valence-electron chi connectivity index (χ2n) is 4.44. The number of rotatable bonds is 2. The maximum Gasteiger partial charge on any atom is 0.256 e. The molecule has 0 fully saturated rings. The van der Waals surface area contributed by atoms with Crippen molar-refractivity contribution in [3.63, 3.8) is 0 Å². The summed E-state index contributed by atoms with van der Waals surface area (Å²) in [4.78, 5) is 12.2. The maximum atomic E-state index is 13.2. The SMILES string of the molecule is O=C(Nc1ccc2c(c1)OCCO2)c1cc(F)ccc1Br. The van der Waals surface area contributed by atoms with Crippen LogP contribution < -0.4 is 14.8 Å². The summed E-state index contributed by atoms with van der Waals surface area (Å²) in [6.45, 7) is 0.981. The third-order valence-corrected chi connectivity index (χ3v) is 3.66. The van der Waals surface area contributed by atoms with Crippen LogP contribution in [0.5, 0.6) is 11.5 Å². The van der Waals surface area contributed by atoms with E-state index in [1.54, 1.807) is 18.2 Å². The number of anilines is 1. The maximum absolute atomic E-state index is 13.2. The van der Waals surface area contributed by atoms with E-state index in [9.17, 15) is 9.18 Å². The Morgan fingerprint density at radius 2 is 1.86 bits per heavy atom. The minimum atomic E-state index is -0.467. The number of benzene rings is 2. The zero-order valence-corrected chi connectivity index (χ0v) is 12.4. The molecule has 108 valence electrons. The van der Waals surface area contributed by atoms with Gasteiger partial charge in [-0.2, -0.15) is 0 Å². The second-order valence-corrected chi connectivity index (χ2v) is 5.29. The van der Waals surface area contributed by atoms with E-state index in [1.165, 1.54) is 18.2 Å². The van der Waals surface area contributed by atoms with Crippen LogP contribution in [-0.2, 0) is 0 Å². The number of nitrogens with one attached hydrogen (secondary N) is 1. The molecule has 0 radical (unpaired) electrons. The molecule has 21 heavy (non-hydrogen) atoms. The van der Waals surface area contributed by atoms with Crippen molar-refractivity contribution in [2.75, 3.05) is 18.5 Å². The van der Waals surface area contributed by atoms with E-state index in [0.29, 0.717) is 34.9 Å². The first-order valence-electron chi connectivity index (χ1n) is 6.29. The zero-order chi connectivity index (χ0) is 14.8. The predicted molar refractivity (Wildman–Crippen MR) is 79.5 cm³/mol. The number of halogens is 2. The van der Waals surface area contributed by atoms with Crippen molar-refractivity contribution in [1.82, 2.24) is 0 Å². The molecule has 0 aliphatic carbocycles. The molecule has 1 aliphatic rings. The van der Waals surface area contributed by atoms with Gasteiger partial charge in [-0.3, -0.25) is 4.79 Å². The highest BCUT2D eigenvalue weighted by Crippen LogP contribution is 2.32. The van der Waals surface area contributed by atoms with Crippen molar-refractivity contribution < 1.29 is 18.7 Å². The standard InChI is InChI=1S/C15H11BrFNO3/c16-12-3-1-9(17)7-11(12)15(19)18-10-2-4-13-14(8-10)21-6-5-20-13/h1-4,7-8H,5-6H2,(H,18,19). The van der Waals surface area contributed by atoms with Gasteiger partial charge in [0.2, 0.25) is 0 Å². The van der Waals surface area contributed by atoms with Gasteiger partial charge in [0.15, 0.2) is 11.5 Å². The lowest BCUT2D eigenvalue weighted by molar-refractivity contribution is 0.102. The van der Waals surface area contributed by atoms with Crippen molar-refractivity contribution in [3.8, 4) is 11.5 Å². The van der Waals surface area contributed by atoms with Gasteiger partial charge >= 0.3 is 0 Å². The van der Waals surface area contributed by atoms with Crippen LogP contribution in [0.2, 0.25) is 0 Å². The van der Waals surface area contributed by atoms with Crippen LogP contribution in [0.1, 0.15) is 10.4 Å². The molecule has 0 saturated heterocycles. The Bertz CT molecular complexity index is 705. The summed E-state index contributed by atoms with van der Waals surface area (Å²) in [5.74, 6) is 0.354. The molecule has 0 aromatic heterocycles. The van der Waals surface area contributed by atoms with Gasteiger partial charge in [-0.15, -0.1) is 0 Å². The smallest absolute Gasteiger partial charge is 0.256 e. The molecule has 1 N–H and O–H groups in total. The van der Waals surface area contributed by atoms with Gasteiger partial charge < -0.3 is 14.8 Å². The molecule has 0 unspecified atom stereocenters. The molecule has 3 rings (SSSR count). The summed E-state index contributed by atoms with van der Waals surface area (Å²) in [5.41, 5.74) is 0.783. The summed E-state index contributed by atoms with van der Waals surface area (Å²) in [6, 6.07) is 9.07. The van der Waals surface area contributed by atoms with Crippen molar-refractivity contribution in [3.05, 3.63) is 52.3 Å². The number of carbonyl (C=O) groups excluding carboxylic acids is 1. The van der Waals surface area contributed by atoms with E-state index in [2.05, 4.69) is 21.2 Å².